The molecule has 0 saturated heterocycles. The SMILES string of the molecule is CC(C)(C)OC(=O)Nc1ccc(F)cc1NC(=O)CN1C(=O)COc2ccc([N+](=O)[O-])cc21. The van der Waals surface area contributed by atoms with Crippen LogP contribution in [0.15, 0.2) is 36.4 Å². The standard InChI is InChI=1S/C21H21FN4O7/c1-21(2,3)33-20(29)24-14-6-4-12(22)8-15(14)23-18(27)10-25-16-9-13(26(30)31)5-7-17(16)32-11-19(25)28/h4-9H,10-11H2,1-3H3,(H,23,27)(H,24,29). The maximum atomic E-state index is 13.8. The molecule has 3 rings (SSSR count). The van der Waals surface area contributed by atoms with Crippen LogP contribution in [0.3, 0.4) is 0 Å². The van der Waals surface area contributed by atoms with Gasteiger partial charge in [-0.15, -0.1) is 0 Å². The second-order valence-electron chi connectivity index (χ2n) is 8.04. The zero-order valence-corrected chi connectivity index (χ0v) is 18.0. The minimum absolute atomic E-state index is 0.0574. The van der Waals surface area contributed by atoms with Crippen LogP contribution in [0.1, 0.15) is 20.8 Å². The number of carbonyl (C=O) groups is 3. The number of halogens is 1. The average Bonchev–Trinajstić information content (AvgIpc) is 2.70. The summed E-state index contributed by atoms with van der Waals surface area (Å²) in [6.07, 6.45) is -0.811. The van der Waals surface area contributed by atoms with E-state index in [1.165, 1.54) is 18.2 Å². The number of ether oxygens (including phenoxy) is 2. The fraction of sp³-hybridized carbons (Fsp3) is 0.286. The average molecular weight is 460 g/mol. The number of hydrogen-bond donors (Lipinski definition) is 2. The number of nitrogens with zero attached hydrogens (tertiary/aromatic N) is 2. The Hall–Kier alpha value is -4.22. The van der Waals surface area contributed by atoms with E-state index in [0.717, 1.165) is 23.1 Å². The summed E-state index contributed by atoms with van der Waals surface area (Å²) in [6.45, 7) is 4.12. The summed E-state index contributed by atoms with van der Waals surface area (Å²) in [6, 6.07) is 6.99. The van der Waals surface area contributed by atoms with Crippen LogP contribution in [0.25, 0.3) is 0 Å². The number of rotatable bonds is 5. The normalized spacial score (nSPS) is 13.0. The molecule has 0 unspecified atom stereocenters. The van der Waals surface area contributed by atoms with E-state index in [4.69, 9.17) is 9.47 Å². The van der Waals surface area contributed by atoms with Crippen molar-refractivity contribution in [1.82, 2.24) is 0 Å². The summed E-state index contributed by atoms with van der Waals surface area (Å²) < 4.78 is 24.2. The van der Waals surface area contributed by atoms with Crippen LogP contribution >= 0.6 is 0 Å². The molecule has 2 aromatic rings. The predicted octanol–water partition coefficient (Wildman–Crippen LogP) is 3.45. The van der Waals surface area contributed by atoms with Crippen LogP contribution in [0, 0.1) is 15.9 Å². The molecule has 33 heavy (non-hydrogen) atoms. The van der Waals surface area contributed by atoms with Crippen LogP contribution in [-0.2, 0) is 14.3 Å². The summed E-state index contributed by atoms with van der Waals surface area (Å²) in [5.41, 5.74) is -0.997. The Morgan fingerprint density at radius 1 is 1.18 bits per heavy atom. The Balaban J connectivity index is 1.80. The minimum atomic E-state index is -0.811. The van der Waals surface area contributed by atoms with Crippen molar-refractivity contribution in [3.05, 3.63) is 52.3 Å². The first-order chi connectivity index (χ1) is 15.4. The molecule has 0 spiro atoms. The van der Waals surface area contributed by atoms with Crippen molar-refractivity contribution in [2.45, 2.75) is 26.4 Å². The molecule has 0 radical (unpaired) electrons. The maximum Gasteiger partial charge on any atom is 0.412 e. The second kappa shape index (κ2) is 9.10. The number of nitro groups is 1. The van der Waals surface area contributed by atoms with Crippen molar-refractivity contribution in [2.24, 2.45) is 0 Å². The van der Waals surface area contributed by atoms with Gasteiger partial charge in [-0.3, -0.25) is 29.9 Å². The van der Waals surface area contributed by atoms with Gasteiger partial charge in [0.2, 0.25) is 5.91 Å². The third-order valence-electron chi connectivity index (χ3n) is 4.29. The van der Waals surface area contributed by atoms with Gasteiger partial charge >= 0.3 is 6.09 Å². The molecule has 0 bridgehead atoms. The highest BCUT2D eigenvalue weighted by Gasteiger charge is 2.29. The highest BCUT2D eigenvalue weighted by Crippen LogP contribution is 2.35. The molecular weight excluding hydrogens is 439 g/mol. The fourth-order valence-electron chi connectivity index (χ4n) is 2.95. The van der Waals surface area contributed by atoms with E-state index in [-0.39, 0.29) is 35.1 Å². The molecule has 12 heteroatoms. The Morgan fingerprint density at radius 3 is 2.58 bits per heavy atom. The van der Waals surface area contributed by atoms with Crippen LogP contribution in [-0.4, -0.2) is 41.6 Å². The van der Waals surface area contributed by atoms with Crippen molar-refractivity contribution in [3.8, 4) is 5.75 Å². The summed E-state index contributed by atoms with van der Waals surface area (Å²) in [4.78, 5) is 48.6. The Kier molecular flexibility index (Phi) is 6.47. The second-order valence-corrected chi connectivity index (χ2v) is 8.04. The van der Waals surface area contributed by atoms with E-state index in [2.05, 4.69) is 10.6 Å². The molecule has 0 saturated carbocycles. The van der Waals surface area contributed by atoms with E-state index in [9.17, 15) is 28.9 Å². The predicted molar refractivity (Wildman–Crippen MR) is 116 cm³/mol. The minimum Gasteiger partial charge on any atom is -0.482 e. The van der Waals surface area contributed by atoms with Gasteiger partial charge in [0.05, 0.1) is 22.0 Å². The topological polar surface area (TPSA) is 140 Å². The first-order valence-electron chi connectivity index (χ1n) is 9.74. The number of anilines is 3. The zero-order valence-electron chi connectivity index (χ0n) is 18.0. The van der Waals surface area contributed by atoms with Gasteiger partial charge in [-0.25, -0.2) is 9.18 Å². The van der Waals surface area contributed by atoms with Gasteiger partial charge in [0.15, 0.2) is 6.61 Å². The number of carbonyl (C=O) groups excluding carboxylic acids is 3. The largest absolute Gasteiger partial charge is 0.482 e. The highest BCUT2D eigenvalue weighted by molar-refractivity contribution is 6.06. The van der Waals surface area contributed by atoms with Crippen LogP contribution in [0.4, 0.5) is 31.9 Å². The summed E-state index contributed by atoms with van der Waals surface area (Å²) in [7, 11) is 0. The lowest BCUT2D eigenvalue weighted by atomic mass is 10.2. The lowest BCUT2D eigenvalue weighted by Gasteiger charge is -2.28. The summed E-state index contributed by atoms with van der Waals surface area (Å²) >= 11 is 0. The van der Waals surface area contributed by atoms with Crippen LogP contribution < -0.4 is 20.3 Å². The number of amides is 3. The molecule has 0 fully saturated rings. The highest BCUT2D eigenvalue weighted by atomic mass is 19.1. The number of nitrogens with one attached hydrogen (secondary N) is 2. The first kappa shape index (κ1) is 23.4. The van der Waals surface area contributed by atoms with E-state index >= 15 is 0 Å². The van der Waals surface area contributed by atoms with Gasteiger partial charge in [0.25, 0.3) is 11.6 Å². The quantitative estimate of drug-likeness (QED) is 0.514. The molecule has 1 aliphatic heterocycles. The number of non-ortho nitro benzene ring substituents is 1. The number of benzene rings is 2. The molecule has 174 valence electrons. The lowest BCUT2D eigenvalue weighted by Crippen LogP contribution is -2.43. The van der Waals surface area contributed by atoms with E-state index in [0.29, 0.717) is 0 Å². The third-order valence-corrected chi connectivity index (χ3v) is 4.29. The third kappa shape index (κ3) is 5.93. The first-order valence-corrected chi connectivity index (χ1v) is 9.74. The van der Waals surface area contributed by atoms with E-state index < -0.39 is 40.8 Å². The zero-order chi connectivity index (χ0) is 24.3. The van der Waals surface area contributed by atoms with Crippen LogP contribution in [0.5, 0.6) is 5.75 Å². The lowest BCUT2D eigenvalue weighted by molar-refractivity contribution is -0.384. The smallest absolute Gasteiger partial charge is 0.412 e. The van der Waals surface area contributed by atoms with Gasteiger partial charge in [-0.2, -0.15) is 0 Å². The number of fused-ring (bicyclic) bond motifs is 1. The van der Waals surface area contributed by atoms with E-state index in [1.807, 2.05) is 0 Å². The molecular formula is C21H21FN4O7. The molecule has 0 atom stereocenters. The molecule has 11 nitrogen and oxygen atoms in total. The van der Waals surface area contributed by atoms with Crippen molar-refractivity contribution < 1.29 is 33.2 Å². The molecule has 1 aliphatic rings. The van der Waals surface area contributed by atoms with Crippen molar-refractivity contribution in [1.29, 1.82) is 0 Å². The summed E-state index contributed by atoms with van der Waals surface area (Å²) in [5, 5.41) is 16.0. The van der Waals surface area contributed by atoms with Crippen molar-refractivity contribution in [3.63, 3.8) is 0 Å². The Morgan fingerprint density at radius 2 is 1.91 bits per heavy atom. The van der Waals surface area contributed by atoms with Crippen molar-refractivity contribution in [2.75, 3.05) is 28.7 Å². The van der Waals surface area contributed by atoms with Crippen molar-refractivity contribution >= 4 is 40.7 Å². The fourth-order valence-corrected chi connectivity index (χ4v) is 2.95. The number of nitro benzene ring substituents is 1. The molecule has 0 aliphatic carbocycles. The van der Waals surface area contributed by atoms with Gasteiger partial charge in [0.1, 0.15) is 23.7 Å². The molecule has 3 amide bonds. The molecule has 2 N–H and O–H groups in total. The van der Waals surface area contributed by atoms with Crippen LogP contribution in [0.2, 0.25) is 0 Å². The molecule has 0 aromatic heterocycles. The van der Waals surface area contributed by atoms with Gasteiger partial charge in [0, 0.05) is 12.1 Å². The monoisotopic (exact) mass is 460 g/mol. The Bertz CT molecular complexity index is 1130. The molecule has 1 heterocycles. The van der Waals surface area contributed by atoms with E-state index in [1.54, 1.807) is 20.8 Å². The maximum absolute atomic E-state index is 13.8. The van der Waals surface area contributed by atoms with Gasteiger partial charge in [-0.1, -0.05) is 0 Å². The van der Waals surface area contributed by atoms with Gasteiger partial charge < -0.3 is 14.8 Å². The Labute approximate surface area is 187 Å². The number of hydrogen-bond acceptors (Lipinski definition) is 7. The van der Waals surface area contributed by atoms with Gasteiger partial charge in [-0.05, 0) is 45.0 Å². The molecule has 2 aromatic carbocycles. The summed E-state index contributed by atoms with van der Waals surface area (Å²) in [5.74, 6) is -1.81.